The highest BCUT2D eigenvalue weighted by atomic mass is 35.5. The predicted octanol–water partition coefficient (Wildman–Crippen LogP) is 5.17. The van der Waals surface area contributed by atoms with Crippen molar-refractivity contribution in [3.05, 3.63) is 75.0 Å². The van der Waals surface area contributed by atoms with Crippen LogP contribution in [0.3, 0.4) is 0 Å². The summed E-state index contributed by atoms with van der Waals surface area (Å²) in [5.74, 6) is -0.175. The van der Waals surface area contributed by atoms with Crippen LogP contribution in [0.1, 0.15) is 20.8 Å². The first-order valence-electron chi connectivity index (χ1n) is 7.73. The van der Waals surface area contributed by atoms with Gasteiger partial charge in [0.2, 0.25) is 5.78 Å². The topological polar surface area (TPSA) is 70.7 Å². The minimum absolute atomic E-state index is 0.175. The molecule has 4 rings (SSSR count). The summed E-state index contributed by atoms with van der Waals surface area (Å²) >= 11 is 13.3. The third kappa shape index (κ3) is 3.31. The number of carbonyl (C=O) groups is 1. The van der Waals surface area contributed by atoms with Gasteiger partial charge in [0.1, 0.15) is 10.5 Å². The summed E-state index contributed by atoms with van der Waals surface area (Å²) in [6.07, 6.45) is 3.32. The molecule has 0 unspecified atom stereocenters. The number of ketones is 1. The van der Waals surface area contributed by atoms with Crippen LogP contribution >= 0.6 is 34.5 Å². The van der Waals surface area contributed by atoms with E-state index < -0.39 is 0 Å². The van der Waals surface area contributed by atoms with Crippen molar-refractivity contribution < 1.29 is 4.79 Å². The Morgan fingerprint density at radius 3 is 2.81 bits per heavy atom. The van der Waals surface area contributed by atoms with E-state index in [1.807, 2.05) is 30.3 Å². The standard InChI is InChI=1S/C18H12Cl2N4OS/c19-11-5-3-10(4-6-11)8-23-18-24-16(20)15(26-18)14(25)13-9-22-17-12(13)2-1-7-21-17/h1-7,9H,8H2,(H,21,22)(H,23,24). The zero-order valence-electron chi connectivity index (χ0n) is 13.3. The van der Waals surface area contributed by atoms with Gasteiger partial charge in [-0.2, -0.15) is 0 Å². The van der Waals surface area contributed by atoms with Crippen molar-refractivity contribution in [1.29, 1.82) is 0 Å². The van der Waals surface area contributed by atoms with E-state index in [1.165, 1.54) is 11.3 Å². The van der Waals surface area contributed by atoms with Crippen molar-refractivity contribution in [2.24, 2.45) is 0 Å². The van der Waals surface area contributed by atoms with E-state index in [4.69, 9.17) is 23.2 Å². The van der Waals surface area contributed by atoms with Crippen molar-refractivity contribution in [3.63, 3.8) is 0 Å². The number of carbonyl (C=O) groups excluding carboxylic acids is 1. The number of halogens is 2. The van der Waals surface area contributed by atoms with Crippen LogP contribution in [-0.4, -0.2) is 20.7 Å². The van der Waals surface area contributed by atoms with Crippen LogP contribution in [0, 0.1) is 0 Å². The van der Waals surface area contributed by atoms with Gasteiger partial charge in [-0.05, 0) is 29.8 Å². The van der Waals surface area contributed by atoms with Gasteiger partial charge in [-0.3, -0.25) is 4.79 Å². The molecule has 3 aromatic heterocycles. The lowest BCUT2D eigenvalue weighted by molar-refractivity contribution is 0.104. The number of anilines is 1. The predicted molar refractivity (Wildman–Crippen MR) is 105 cm³/mol. The van der Waals surface area contributed by atoms with Gasteiger partial charge < -0.3 is 10.3 Å². The summed E-state index contributed by atoms with van der Waals surface area (Å²) in [4.78, 5) is 24.7. The molecule has 0 saturated heterocycles. The smallest absolute Gasteiger partial charge is 0.208 e. The Morgan fingerprint density at radius 2 is 2.00 bits per heavy atom. The largest absolute Gasteiger partial charge is 0.357 e. The molecule has 0 radical (unpaired) electrons. The van der Waals surface area contributed by atoms with Crippen LogP contribution in [0.2, 0.25) is 10.2 Å². The third-order valence-electron chi connectivity index (χ3n) is 3.84. The molecule has 0 amide bonds. The molecule has 4 aromatic rings. The maximum Gasteiger partial charge on any atom is 0.208 e. The van der Waals surface area contributed by atoms with Gasteiger partial charge >= 0.3 is 0 Å². The number of H-pyrrole nitrogens is 1. The van der Waals surface area contributed by atoms with Gasteiger partial charge in [-0.1, -0.05) is 46.7 Å². The summed E-state index contributed by atoms with van der Waals surface area (Å²) in [5.41, 5.74) is 2.25. The van der Waals surface area contributed by atoms with Crippen molar-refractivity contribution in [2.45, 2.75) is 6.54 Å². The first-order valence-corrected chi connectivity index (χ1v) is 9.30. The summed E-state index contributed by atoms with van der Waals surface area (Å²) in [6.45, 7) is 0.561. The second kappa shape index (κ2) is 7.07. The first-order chi connectivity index (χ1) is 12.6. The Labute approximate surface area is 163 Å². The molecule has 2 N–H and O–H groups in total. The van der Waals surface area contributed by atoms with Crippen molar-refractivity contribution >= 4 is 56.5 Å². The molecular formula is C18H12Cl2N4OS. The van der Waals surface area contributed by atoms with Gasteiger partial charge in [-0.25, -0.2) is 9.97 Å². The second-order valence-electron chi connectivity index (χ2n) is 5.55. The molecule has 0 saturated carbocycles. The Bertz CT molecular complexity index is 1090. The zero-order chi connectivity index (χ0) is 18.1. The van der Waals surface area contributed by atoms with Crippen LogP contribution < -0.4 is 5.32 Å². The van der Waals surface area contributed by atoms with Gasteiger partial charge in [0, 0.05) is 29.3 Å². The Balaban J connectivity index is 1.56. The molecular weight excluding hydrogens is 391 g/mol. The minimum atomic E-state index is -0.175. The number of nitrogens with one attached hydrogen (secondary N) is 2. The lowest BCUT2D eigenvalue weighted by Gasteiger charge is -2.02. The van der Waals surface area contributed by atoms with E-state index in [0.29, 0.717) is 32.8 Å². The lowest BCUT2D eigenvalue weighted by Crippen LogP contribution is -1.98. The summed E-state index contributed by atoms with van der Waals surface area (Å²) in [5, 5.41) is 5.42. The van der Waals surface area contributed by atoms with Gasteiger partial charge in [-0.15, -0.1) is 0 Å². The van der Waals surface area contributed by atoms with Crippen molar-refractivity contribution in [2.75, 3.05) is 5.32 Å². The van der Waals surface area contributed by atoms with Crippen LogP contribution in [0.5, 0.6) is 0 Å². The fraction of sp³-hybridized carbons (Fsp3) is 0.0556. The van der Waals surface area contributed by atoms with E-state index >= 15 is 0 Å². The number of nitrogens with zero attached hydrogens (tertiary/aromatic N) is 2. The zero-order valence-corrected chi connectivity index (χ0v) is 15.6. The quantitative estimate of drug-likeness (QED) is 0.451. The highest BCUT2D eigenvalue weighted by Gasteiger charge is 2.21. The average molecular weight is 403 g/mol. The molecule has 1 aromatic carbocycles. The number of rotatable bonds is 5. The van der Waals surface area contributed by atoms with Gasteiger partial charge in [0.05, 0.1) is 5.56 Å². The minimum Gasteiger partial charge on any atom is -0.357 e. The number of hydrogen-bond donors (Lipinski definition) is 2. The maximum absolute atomic E-state index is 12.9. The number of thiazole rings is 1. The molecule has 3 heterocycles. The fourth-order valence-electron chi connectivity index (χ4n) is 2.56. The normalized spacial score (nSPS) is 11.0. The molecule has 0 spiro atoms. The van der Waals surface area contributed by atoms with E-state index in [9.17, 15) is 4.79 Å². The molecule has 130 valence electrons. The maximum atomic E-state index is 12.9. The molecule has 0 aliphatic heterocycles. The molecule has 5 nitrogen and oxygen atoms in total. The third-order valence-corrected chi connectivity index (χ3v) is 5.49. The molecule has 0 bridgehead atoms. The second-order valence-corrected chi connectivity index (χ2v) is 7.34. The van der Waals surface area contributed by atoms with Gasteiger partial charge in [0.15, 0.2) is 10.3 Å². The molecule has 0 atom stereocenters. The van der Waals surface area contributed by atoms with Crippen LogP contribution in [0.4, 0.5) is 5.13 Å². The van der Waals surface area contributed by atoms with Crippen LogP contribution in [0.25, 0.3) is 11.0 Å². The van der Waals surface area contributed by atoms with E-state index in [0.717, 1.165) is 10.9 Å². The lowest BCUT2D eigenvalue weighted by atomic mass is 10.1. The number of benzene rings is 1. The molecule has 0 aliphatic carbocycles. The Kier molecular flexibility index (Phi) is 4.63. The Morgan fingerprint density at radius 1 is 1.19 bits per heavy atom. The van der Waals surface area contributed by atoms with E-state index in [2.05, 4.69) is 20.3 Å². The highest BCUT2D eigenvalue weighted by molar-refractivity contribution is 7.18. The summed E-state index contributed by atoms with van der Waals surface area (Å²) in [6, 6.07) is 11.1. The highest BCUT2D eigenvalue weighted by Crippen LogP contribution is 2.31. The Hall–Kier alpha value is -2.41. The summed E-state index contributed by atoms with van der Waals surface area (Å²) in [7, 11) is 0. The molecule has 8 heteroatoms. The average Bonchev–Trinajstić information content (AvgIpc) is 3.24. The fourth-order valence-corrected chi connectivity index (χ4v) is 3.83. The first kappa shape index (κ1) is 17.0. The number of fused-ring (bicyclic) bond motifs is 1. The number of aromatic amines is 1. The van der Waals surface area contributed by atoms with Crippen molar-refractivity contribution in [1.82, 2.24) is 15.0 Å². The molecule has 0 fully saturated rings. The number of aromatic nitrogens is 3. The molecule has 0 aliphatic rings. The number of hydrogen-bond acceptors (Lipinski definition) is 5. The van der Waals surface area contributed by atoms with Crippen molar-refractivity contribution in [3.8, 4) is 0 Å². The SMILES string of the molecule is O=C(c1sc(NCc2ccc(Cl)cc2)nc1Cl)c1c[nH]c2ncccc12. The number of pyridine rings is 1. The van der Waals surface area contributed by atoms with E-state index in [-0.39, 0.29) is 10.9 Å². The molecule has 26 heavy (non-hydrogen) atoms. The van der Waals surface area contributed by atoms with Crippen LogP contribution in [0.15, 0.2) is 48.8 Å². The van der Waals surface area contributed by atoms with Crippen LogP contribution in [-0.2, 0) is 6.54 Å². The monoisotopic (exact) mass is 402 g/mol. The van der Waals surface area contributed by atoms with E-state index in [1.54, 1.807) is 18.5 Å². The summed E-state index contributed by atoms with van der Waals surface area (Å²) < 4.78 is 0. The van der Waals surface area contributed by atoms with Gasteiger partial charge in [0.25, 0.3) is 0 Å².